The molecule has 0 aliphatic carbocycles. The van der Waals surface area contributed by atoms with Crippen LogP contribution in [0.5, 0.6) is 0 Å². The van der Waals surface area contributed by atoms with Crippen LogP contribution >= 0.6 is 11.6 Å². The highest BCUT2D eigenvalue weighted by atomic mass is 35.5. The molecule has 31 heavy (non-hydrogen) atoms. The first-order valence-electron chi connectivity index (χ1n) is 10.1. The van der Waals surface area contributed by atoms with Crippen molar-refractivity contribution in [3.05, 3.63) is 70.5 Å². The molecular weight excluding hydrogens is 419 g/mol. The van der Waals surface area contributed by atoms with Crippen molar-refractivity contribution in [1.29, 1.82) is 0 Å². The smallest absolute Gasteiger partial charge is 0.316 e. The third-order valence-electron chi connectivity index (χ3n) is 5.38. The largest absolute Gasteiger partial charge is 0.351 e. The van der Waals surface area contributed by atoms with E-state index in [1.807, 2.05) is 11.8 Å². The Bertz CT molecular complexity index is 980. The van der Waals surface area contributed by atoms with Crippen molar-refractivity contribution in [3.8, 4) is 0 Å². The molecule has 3 N–H and O–H groups in total. The van der Waals surface area contributed by atoms with Gasteiger partial charge in [-0.25, -0.2) is 9.18 Å². The molecule has 8 heteroatoms. The summed E-state index contributed by atoms with van der Waals surface area (Å²) in [5, 5.41) is 2.96. The molecule has 1 heterocycles. The highest BCUT2D eigenvalue weighted by molar-refractivity contribution is 6.31. The number of urea groups is 1. The van der Waals surface area contributed by atoms with Crippen LogP contribution in [0.25, 0.3) is 6.08 Å². The van der Waals surface area contributed by atoms with Crippen LogP contribution in [0.2, 0.25) is 5.02 Å². The van der Waals surface area contributed by atoms with E-state index in [0.29, 0.717) is 35.9 Å². The molecule has 2 atom stereocenters. The number of benzene rings is 2. The second-order valence-electron chi connectivity index (χ2n) is 7.80. The highest BCUT2D eigenvalue weighted by Crippen LogP contribution is 2.23. The van der Waals surface area contributed by atoms with E-state index in [2.05, 4.69) is 17.1 Å². The number of amides is 3. The maximum Gasteiger partial charge on any atom is 0.316 e. The quantitative estimate of drug-likeness (QED) is 0.681. The first-order chi connectivity index (χ1) is 14.7. The summed E-state index contributed by atoms with van der Waals surface area (Å²) in [5.74, 6) is -0.358. The van der Waals surface area contributed by atoms with Crippen LogP contribution < -0.4 is 11.1 Å². The lowest BCUT2D eigenvalue weighted by Gasteiger charge is -2.44. The SMILES string of the molecule is C[C@@H]1CN(Cc2ccc(F)cc2)[C@@H](C)CN1C(=O)C=Cc1ccc(Cl)cc1NC(N)=O. The summed E-state index contributed by atoms with van der Waals surface area (Å²) < 4.78 is 13.1. The van der Waals surface area contributed by atoms with Crippen LogP contribution in [-0.2, 0) is 11.3 Å². The van der Waals surface area contributed by atoms with Crippen molar-refractivity contribution in [2.45, 2.75) is 32.5 Å². The minimum atomic E-state index is -0.706. The molecule has 0 spiro atoms. The number of hydrogen-bond acceptors (Lipinski definition) is 3. The van der Waals surface area contributed by atoms with Gasteiger partial charge in [-0.05, 0) is 55.3 Å². The number of anilines is 1. The Morgan fingerprint density at radius 1 is 1.16 bits per heavy atom. The average Bonchev–Trinajstić information content (AvgIpc) is 2.71. The number of rotatable bonds is 5. The van der Waals surface area contributed by atoms with Gasteiger partial charge in [0.05, 0.1) is 5.69 Å². The van der Waals surface area contributed by atoms with Crippen LogP contribution in [0.3, 0.4) is 0 Å². The molecule has 1 fully saturated rings. The molecule has 0 saturated carbocycles. The van der Waals surface area contributed by atoms with Crippen molar-refractivity contribution in [1.82, 2.24) is 9.80 Å². The molecule has 164 valence electrons. The fourth-order valence-electron chi connectivity index (χ4n) is 3.72. The van der Waals surface area contributed by atoms with Gasteiger partial charge in [0, 0.05) is 42.8 Å². The van der Waals surface area contributed by atoms with Crippen molar-refractivity contribution in [2.75, 3.05) is 18.4 Å². The lowest BCUT2D eigenvalue weighted by molar-refractivity contribution is -0.131. The zero-order valence-electron chi connectivity index (χ0n) is 17.5. The predicted octanol–water partition coefficient (Wildman–Crippen LogP) is 4.10. The third kappa shape index (κ3) is 6.06. The molecule has 0 bridgehead atoms. The molecule has 2 aromatic rings. The predicted molar refractivity (Wildman–Crippen MR) is 121 cm³/mol. The number of hydrogen-bond donors (Lipinski definition) is 2. The summed E-state index contributed by atoms with van der Waals surface area (Å²) >= 11 is 5.98. The van der Waals surface area contributed by atoms with Gasteiger partial charge in [0.25, 0.3) is 0 Å². The first-order valence-corrected chi connectivity index (χ1v) is 10.4. The van der Waals surface area contributed by atoms with E-state index in [-0.39, 0.29) is 23.8 Å². The van der Waals surface area contributed by atoms with E-state index in [1.165, 1.54) is 18.2 Å². The van der Waals surface area contributed by atoms with Gasteiger partial charge >= 0.3 is 6.03 Å². The fraction of sp³-hybridized carbons (Fsp3) is 0.304. The molecule has 1 aliphatic rings. The lowest BCUT2D eigenvalue weighted by atomic mass is 10.1. The van der Waals surface area contributed by atoms with E-state index in [9.17, 15) is 14.0 Å². The average molecular weight is 445 g/mol. The van der Waals surface area contributed by atoms with Crippen LogP contribution in [0.1, 0.15) is 25.0 Å². The van der Waals surface area contributed by atoms with Gasteiger partial charge in [-0.3, -0.25) is 9.69 Å². The van der Waals surface area contributed by atoms with E-state index in [4.69, 9.17) is 17.3 Å². The summed E-state index contributed by atoms with van der Waals surface area (Å²) in [6.07, 6.45) is 3.14. The van der Waals surface area contributed by atoms with Gasteiger partial charge in [-0.15, -0.1) is 0 Å². The van der Waals surface area contributed by atoms with E-state index >= 15 is 0 Å². The van der Waals surface area contributed by atoms with Gasteiger partial charge in [0.1, 0.15) is 5.82 Å². The van der Waals surface area contributed by atoms with E-state index < -0.39 is 6.03 Å². The van der Waals surface area contributed by atoms with E-state index in [1.54, 1.807) is 36.4 Å². The molecule has 1 saturated heterocycles. The Kier molecular flexibility index (Phi) is 7.30. The van der Waals surface area contributed by atoms with Gasteiger partial charge in [-0.1, -0.05) is 29.8 Å². The van der Waals surface area contributed by atoms with Gasteiger partial charge in [0.15, 0.2) is 0 Å². The van der Waals surface area contributed by atoms with Crippen LogP contribution in [0.4, 0.5) is 14.9 Å². The van der Waals surface area contributed by atoms with Crippen molar-refractivity contribution < 1.29 is 14.0 Å². The Morgan fingerprint density at radius 3 is 2.55 bits per heavy atom. The molecule has 3 rings (SSSR count). The minimum absolute atomic E-state index is 0.0160. The number of carbonyl (C=O) groups is 2. The summed E-state index contributed by atoms with van der Waals surface area (Å²) in [7, 11) is 0. The van der Waals surface area contributed by atoms with Crippen LogP contribution in [-0.4, -0.2) is 46.9 Å². The second kappa shape index (κ2) is 9.94. The van der Waals surface area contributed by atoms with Crippen molar-refractivity contribution in [3.63, 3.8) is 0 Å². The minimum Gasteiger partial charge on any atom is -0.351 e. The van der Waals surface area contributed by atoms with Gasteiger partial charge < -0.3 is 16.0 Å². The number of nitrogens with zero attached hydrogens (tertiary/aromatic N) is 2. The second-order valence-corrected chi connectivity index (χ2v) is 8.24. The molecule has 6 nitrogen and oxygen atoms in total. The van der Waals surface area contributed by atoms with Crippen LogP contribution in [0, 0.1) is 5.82 Å². The first kappa shape index (κ1) is 22.8. The number of primary amides is 1. The lowest BCUT2D eigenvalue weighted by Crippen LogP contribution is -2.57. The van der Waals surface area contributed by atoms with Crippen LogP contribution in [0.15, 0.2) is 48.5 Å². The zero-order chi connectivity index (χ0) is 22.5. The van der Waals surface area contributed by atoms with E-state index in [0.717, 1.165) is 5.56 Å². The molecule has 1 aliphatic heterocycles. The molecule has 0 unspecified atom stereocenters. The molecule has 0 aromatic heterocycles. The highest BCUT2D eigenvalue weighted by Gasteiger charge is 2.31. The molecule has 0 radical (unpaired) electrons. The normalized spacial score (nSPS) is 19.5. The maximum absolute atomic E-state index is 13.1. The summed E-state index contributed by atoms with van der Waals surface area (Å²) in [4.78, 5) is 28.2. The van der Waals surface area contributed by atoms with Gasteiger partial charge in [-0.2, -0.15) is 0 Å². The standard InChI is InChI=1S/C23H26ClFN4O2/c1-15-13-29(16(2)12-28(15)14-17-3-8-20(25)9-4-17)22(30)10-6-18-5-7-19(24)11-21(18)27-23(26)31/h3-11,15-16H,12-14H2,1-2H3,(H3,26,27,31)/t15-,16+/m0/s1. The molecule has 3 amide bonds. The van der Waals surface area contributed by atoms with Crippen molar-refractivity contribution >= 4 is 35.3 Å². The Hall–Kier alpha value is -2.90. The number of nitrogens with one attached hydrogen (secondary N) is 1. The maximum atomic E-state index is 13.1. The number of piperazine rings is 1. The summed E-state index contributed by atoms with van der Waals surface area (Å²) in [6, 6.07) is 10.9. The number of halogens is 2. The monoisotopic (exact) mass is 444 g/mol. The van der Waals surface area contributed by atoms with Gasteiger partial charge in [0.2, 0.25) is 5.91 Å². The molecular formula is C23H26ClFN4O2. The topological polar surface area (TPSA) is 78.7 Å². The zero-order valence-corrected chi connectivity index (χ0v) is 18.3. The molecule has 2 aromatic carbocycles. The number of carbonyl (C=O) groups excluding carboxylic acids is 2. The summed E-state index contributed by atoms with van der Waals surface area (Å²) in [6.45, 7) is 6.09. The third-order valence-corrected chi connectivity index (χ3v) is 5.61. The Labute approximate surface area is 186 Å². The number of nitrogens with two attached hydrogens (primary N) is 1. The van der Waals surface area contributed by atoms with Crippen molar-refractivity contribution in [2.24, 2.45) is 5.73 Å². The fourth-order valence-corrected chi connectivity index (χ4v) is 3.89. The Morgan fingerprint density at radius 2 is 1.87 bits per heavy atom. The Balaban J connectivity index is 1.66. The summed E-state index contributed by atoms with van der Waals surface area (Å²) in [5.41, 5.74) is 7.32.